The lowest BCUT2D eigenvalue weighted by atomic mass is 10.0. The Labute approximate surface area is 95.9 Å². The highest BCUT2D eigenvalue weighted by Gasteiger charge is 2.29. The number of anilines is 1. The van der Waals surface area contributed by atoms with Crippen LogP contribution in [0.1, 0.15) is 5.56 Å². The monoisotopic (exact) mass is 238 g/mol. The third-order valence-corrected chi connectivity index (χ3v) is 2.33. The summed E-state index contributed by atoms with van der Waals surface area (Å²) in [6.45, 7) is 0. The summed E-state index contributed by atoms with van der Waals surface area (Å²) in [5, 5.41) is 0. The van der Waals surface area contributed by atoms with Crippen LogP contribution in [0.25, 0.3) is 11.1 Å². The Morgan fingerprint density at radius 3 is 2.12 bits per heavy atom. The van der Waals surface area contributed by atoms with Crippen LogP contribution in [0.15, 0.2) is 42.6 Å². The molecular formula is C12H9F3N2. The van der Waals surface area contributed by atoms with Crippen LogP contribution in [0.5, 0.6) is 0 Å². The van der Waals surface area contributed by atoms with E-state index in [2.05, 4.69) is 4.98 Å². The van der Waals surface area contributed by atoms with Crippen molar-refractivity contribution in [3.8, 4) is 11.1 Å². The fourth-order valence-corrected chi connectivity index (χ4v) is 1.48. The zero-order chi connectivity index (χ0) is 12.5. The van der Waals surface area contributed by atoms with E-state index >= 15 is 0 Å². The molecule has 0 aliphatic carbocycles. The van der Waals surface area contributed by atoms with Crippen molar-refractivity contribution in [1.82, 2.24) is 4.98 Å². The Kier molecular flexibility index (Phi) is 2.75. The molecule has 0 amide bonds. The second kappa shape index (κ2) is 4.08. The first-order valence-electron chi connectivity index (χ1n) is 4.86. The molecule has 0 saturated carbocycles. The Morgan fingerprint density at radius 2 is 1.59 bits per heavy atom. The predicted molar refractivity (Wildman–Crippen MR) is 59.1 cm³/mol. The molecule has 0 radical (unpaired) electrons. The van der Waals surface area contributed by atoms with Crippen molar-refractivity contribution in [3.05, 3.63) is 48.2 Å². The van der Waals surface area contributed by atoms with Gasteiger partial charge in [0.15, 0.2) is 0 Å². The highest BCUT2D eigenvalue weighted by atomic mass is 19.4. The molecule has 0 aliphatic rings. The molecule has 2 aromatic rings. The minimum Gasteiger partial charge on any atom is -0.384 e. The van der Waals surface area contributed by atoms with Crippen LogP contribution >= 0.6 is 0 Å². The largest absolute Gasteiger partial charge is 0.416 e. The van der Waals surface area contributed by atoms with Crippen molar-refractivity contribution >= 4 is 5.82 Å². The normalized spacial score (nSPS) is 11.5. The Balaban J connectivity index is 2.36. The molecule has 1 aromatic heterocycles. The number of nitrogens with two attached hydrogens (primary N) is 1. The summed E-state index contributed by atoms with van der Waals surface area (Å²) >= 11 is 0. The fourth-order valence-electron chi connectivity index (χ4n) is 1.48. The SMILES string of the molecule is Nc1cc(-c2ccc(C(F)(F)F)cc2)ccn1. The first kappa shape index (κ1) is 11.4. The summed E-state index contributed by atoms with van der Waals surface area (Å²) in [7, 11) is 0. The number of hydrogen-bond acceptors (Lipinski definition) is 2. The summed E-state index contributed by atoms with van der Waals surface area (Å²) < 4.78 is 37.1. The van der Waals surface area contributed by atoms with E-state index in [0.29, 0.717) is 11.4 Å². The van der Waals surface area contributed by atoms with E-state index in [4.69, 9.17) is 5.73 Å². The van der Waals surface area contributed by atoms with E-state index < -0.39 is 11.7 Å². The smallest absolute Gasteiger partial charge is 0.384 e. The van der Waals surface area contributed by atoms with Crippen LogP contribution in [-0.2, 0) is 6.18 Å². The first-order valence-corrected chi connectivity index (χ1v) is 4.86. The average Bonchev–Trinajstić information content (AvgIpc) is 2.28. The zero-order valence-electron chi connectivity index (χ0n) is 8.70. The summed E-state index contributed by atoms with van der Waals surface area (Å²) in [5.74, 6) is 0.336. The van der Waals surface area contributed by atoms with Gasteiger partial charge in [0.2, 0.25) is 0 Å². The van der Waals surface area contributed by atoms with Gasteiger partial charge in [-0.1, -0.05) is 12.1 Å². The fraction of sp³-hybridized carbons (Fsp3) is 0.0833. The molecular weight excluding hydrogens is 229 g/mol. The molecule has 2 rings (SSSR count). The Hall–Kier alpha value is -2.04. The molecule has 1 aromatic carbocycles. The Morgan fingerprint density at radius 1 is 0.941 bits per heavy atom. The standard InChI is InChI=1S/C12H9F3N2/c13-12(14,15)10-3-1-8(2-4-10)9-5-6-17-11(16)7-9/h1-7H,(H2,16,17). The lowest BCUT2D eigenvalue weighted by molar-refractivity contribution is -0.137. The van der Waals surface area contributed by atoms with Gasteiger partial charge in [0.1, 0.15) is 5.82 Å². The number of aromatic nitrogens is 1. The summed E-state index contributed by atoms with van der Waals surface area (Å²) in [6, 6.07) is 8.23. The van der Waals surface area contributed by atoms with Crippen LogP contribution in [-0.4, -0.2) is 4.98 Å². The van der Waals surface area contributed by atoms with Crippen LogP contribution in [0.4, 0.5) is 19.0 Å². The van der Waals surface area contributed by atoms with Gasteiger partial charge >= 0.3 is 6.18 Å². The van der Waals surface area contributed by atoms with Gasteiger partial charge in [0.25, 0.3) is 0 Å². The van der Waals surface area contributed by atoms with Crippen molar-refractivity contribution in [1.29, 1.82) is 0 Å². The minimum absolute atomic E-state index is 0.336. The molecule has 0 unspecified atom stereocenters. The van der Waals surface area contributed by atoms with E-state index in [1.54, 1.807) is 12.1 Å². The summed E-state index contributed by atoms with van der Waals surface area (Å²) in [4.78, 5) is 3.82. The average molecular weight is 238 g/mol. The quantitative estimate of drug-likeness (QED) is 0.827. The van der Waals surface area contributed by atoms with Gasteiger partial charge < -0.3 is 5.73 Å². The lowest BCUT2D eigenvalue weighted by Gasteiger charge is -2.07. The van der Waals surface area contributed by atoms with Gasteiger partial charge in [0, 0.05) is 6.20 Å². The molecule has 0 fully saturated rings. The van der Waals surface area contributed by atoms with Crippen molar-refractivity contribution < 1.29 is 13.2 Å². The lowest BCUT2D eigenvalue weighted by Crippen LogP contribution is -2.04. The third-order valence-electron chi connectivity index (χ3n) is 2.33. The Bertz CT molecular complexity index is 518. The summed E-state index contributed by atoms with van der Waals surface area (Å²) in [6.07, 6.45) is -2.79. The number of benzene rings is 1. The van der Waals surface area contributed by atoms with Crippen LogP contribution in [0.3, 0.4) is 0 Å². The number of nitrogens with zero attached hydrogens (tertiary/aromatic N) is 1. The first-order chi connectivity index (χ1) is 7.97. The van der Waals surface area contributed by atoms with Gasteiger partial charge in [-0.15, -0.1) is 0 Å². The van der Waals surface area contributed by atoms with Crippen molar-refractivity contribution in [3.63, 3.8) is 0 Å². The molecule has 5 heteroatoms. The third kappa shape index (κ3) is 2.55. The zero-order valence-corrected chi connectivity index (χ0v) is 8.70. The van der Waals surface area contributed by atoms with Crippen LogP contribution < -0.4 is 5.73 Å². The van der Waals surface area contributed by atoms with E-state index in [1.807, 2.05) is 0 Å². The summed E-state index contributed by atoms with van der Waals surface area (Å²) in [5.41, 5.74) is 6.26. The van der Waals surface area contributed by atoms with E-state index in [0.717, 1.165) is 17.7 Å². The molecule has 2 N–H and O–H groups in total. The maximum atomic E-state index is 12.4. The minimum atomic E-state index is -4.31. The number of pyridine rings is 1. The second-order valence-corrected chi connectivity index (χ2v) is 3.54. The van der Waals surface area contributed by atoms with Crippen LogP contribution in [0.2, 0.25) is 0 Å². The molecule has 0 saturated heterocycles. The molecule has 0 atom stereocenters. The number of nitrogen functional groups attached to an aromatic ring is 1. The molecule has 0 spiro atoms. The van der Waals surface area contributed by atoms with Crippen molar-refractivity contribution in [2.75, 3.05) is 5.73 Å². The van der Waals surface area contributed by atoms with Crippen LogP contribution in [0, 0.1) is 0 Å². The topological polar surface area (TPSA) is 38.9 Å². The molecule has 0 aliphatic heterocycles. The van der Waals surface area contributed by atoms with Gasteiger partial charge in [-0.3, -0.25) is 0 Å². The second-order valence-electron chi connectivity index (χ2n) is 3.54. The molecule has 1 heterocycles. The van der Waals surface area contributed by atoms with E-state index in [-0.39, 0.29) is 0 Å². The highest BCUT2D eigenvalue weighted by Crippen LogP contribution is 2.31. The molecule has 88 valence electrons. The van der Waals surface area contributed by atoms with E-state index in [9.17, 15) is 13.2 Å². The highest BCUT2D eigenvalue weighted by molar-refractivity contribution is 5.65. The number of rotatable bonds is 1. The molecule has 0 bridgehead atoms. The van der Waals surface area contributed by atoms with Crippen molar-refractivity contribution in [2.45, 2.75) is 6.18 Å². The van der Waals surface area contributed by atoms with Gasteiger partial charge in [-0.05, 0) is 35.4 Å². The van der Waals surface area contributed by atoms with Gasteiger partial charge in [-0.25, -0.2) is 4.98 Å². The molecule has 2 nitrogen and oxygen atoms in total. The number of hydrogen-bond donors (Lipinski definition) is 1. The number of alkyl halides is 3. The van der Waals surface area contributed by atoms with Gasteiger partial charge in [0.05, 0.1) is 5.56 Å². The maximum absolute atomic E-state index is 12.4. The molecule has 17 heavy (non-hydrogen) atoms. The predicted octanol–water partition coefficient (Wildman–Crippen LogP) is 3.35. The number of halogens is 3. The van der Waals surface area contributed by atoms with Crippen molar-refractivity contribution in [2.24, 2.45) is 0 Å². The maximum Gasteiger partial charge on any atom is 0.416 e. The van der Waals surface area contributed by atoms with Gasteiger partial charge in [-0.2, -0.15) is 13.2 Å². The van der Waals surface area contributed by atoms with E-state index in [1.165, 1.54) is 18.3 Å².